The summed E-state index contributed by atoms with van der Waals surface area (Å²) >= 11 is 0. The number of aromatic nitrogens is 2. The Kier molecular flexibility index (Phi) is 6.78. The van der Waals surface area contributed by atoms with Crippen LogP contribution in [0.15, 0.2) is 72.8 Å². The predicted molar refractivity (Wildman–Crippen MR) is 163 cm³/mol. The number of halogens is 2. The SMILES string of the molecule is O=C1NC(c2c(CO)[nH]c3ccc(F)cc23)c2cc(O)ccc21.O=Cc1[nH]c2ccc(F)cc2c1C1NC(=O)c2ccc(O)cc21. The average molecular weight is 623 g/mol. The van der Waals surface area contributed by atoms with Crippen molar-refractivity contribution in [3.63, 3.8) is 0 Å². The van der Waals surface area contributed by atoms with Gasteiger partial charge in [0.15, 0.2) is 6.29 Å². The fourth-order valence-electron chi connectivity index (χ4n) is 6.32. The lowest BCUT2D eigenvalue weighted by Gasteiger charge is -2.13. The van der Waals surface area contributed by atoms with Crippen LogP contribution >= 0.6 is 0 Å². The second-order valence-corrected chi connectivity index (χ2v) is 11.0. The number of phenols is 2. The minimum absolute atomic E-state index is 0.0175. The molecule has 4 aromatic carbocycles. The number of fused-ring (bicyclic) bond motifs is 4. The zero-order valence-electron chi connectivity index (χ0n) is 23.7. The maximum atomic E-state index is 13.6. The van der Waals surface area contributed by atoms with Crippen LogP contribution in [0.2, 0.25) is 0 Å². The number of amides is 2. The second-order valence-electron chi connectivity index (χ2n) is 11.0. The van der Waals surface area contributed by atoms with Gasteiger partial charge in [0.2, 0.25) is 0 Å². The number of rotatable bonds is 4. The Balaban J connectivity index is 0.000000147. The van der Waals surface area contributed by atoms with Crippen molar-refractivity contribution in [2.24, 2.45) is 0 Å². The molecule has 0 fully saturated rings. The van der Waals surface area contributed by atoms with E-state index in [1.165, 1.54) is 54.6 Å². The molecule has 2 amide bonds. The third-order valence-corrected chi connectivity index (χ3v) is 8.30. The number of nitrogens with one attached hydrogen (secondary N) is 4. The summed E-state index contributed by atoms with van der Waals surface area (Å²) < 4.78 is 27.3. The van der Waals surface area contributed by atoms with E-state index >= 15 is 0 Å². The normalized spacial score (nSPS) is 16.5. The summed E-state index contributed by atoms with van der Waals surface area (Å²) in [5, 5.41) is 35.8. The summed E-state index contributed by atoms with van der Waals surface area (Å²) in [5.74, 6) is -1.34. The second kappa shape index (κ2) is 10.9. The number of phenolic OH excluding ortho intramolecular Hbond substituents is 2. The molecule has 2 aliphatic heterocycles. The molecule has 12 heteroatoms. The molecule has 2 aromatic heterocycles. The number of aliphatic hydroxyl groups excluding tert-OH is 1. The van der Waals surface area contributed by atoms with E-state index in [-0.39, 0.29) is 35.6 Å². The molecule has 0 spiro atoms. The fraction of sp³-hybridized carbons (Fsp3) is 0.0882. The summed E-state index contributed by atoms with van der Waals surface area (Å²) in [5.41, 5.74) is 5.21. The van der Waals surface area contributed by atoms with E-state index in [4.69, 9.17) is 0 Å². The Labute approximate surface area is 258 Å². The molecule has 4 heterocycles. The number of hydrogen-bond acceptors (Lipinski definition) is 6. The van der Waals surface area contributed by atoms with Gasteiger partial charge < -0.3 is 35.9 Å². The molecule has 46 heavy (non-hydrogen) atoms. The molecule has 2 unspecified atom stereocenters. The lowest BCUT2D eigenvalue weighted by atomic mass is 9.95. The van der Waals surface area contributed by atoms with Crippen molar-refractivity contribution in [3.8, 4) is 11.5 Å². The summed E-state index contributed by atoms with van der Waals surface area (Å²) in [6.45, 7) is -0.272. The molecule has 2 aliphatic rings. The maximum absolute atomic E-state index is 13.6. The number of benzene rings is 4. The van der Waals surface area contributed by atoms with Crippen molar-refractivity contribution in [3.05, 3.63) is 129 Å². The highest BCUT2D eigenvalue weighted by atomic mass is 19.1. The first-order valence-corrected chi connectivity index (χ1v) is 14.1. The number of carbonyl (C=O) groups excluding carboxylic acids is 3. The van der Waals surface area contributed by atoms with Crippen LogP contribution < -0.4 is 10.6 Å². The Bertz CT molecular complexity index is 2240. The van der Waals surface area contributed by atoms with Crippen LogP contribution in [0.3, 0.4) is 0 Å². The number of aromatic hydroxyl groups is 2. The van der Waals surface area contributed by atoms with Crippen molar-refractivity contribution < 1.29 is 38.5 Å². The van der Waals surface area contributed by atoms with Gasteiger partial charge in [-0.25, -0.2) is 8.78 Å². The van der Waals surface area contributed by atoms with Crippen molar-refractivity contribution >= 4 is 39.9 Å². The number of aldehydes is 1. The quantitative estimate of drug-likeness (QED) is 0.137. The first-order valence-electron chi connectivity index (χ1n) is 14.1. The summed E-state index contributed by atoms with van der Waals surface area (Å²) in [7, 11) is 0. The molecular formula is C34H24F2N4O6. The highest BCUT2D eigenvalue weighted by Crippen LogP contribution is 2.40. The van der Waals surface area contributed by atoms with Gasteiger partial charge in [0.25, 0.3) is 11.8 Å². The molecule has 2 atom stereocenters. The van der Waals surface area contributed by atoms with Gasteiger partial charge in [0.05, 0.1) is 24.4 Å². The van der Waals surface area contributed by atoms with Crippen LogP contribution in [0, 0.1) is 11.6 Å². The minimum atomic E-state index is -0.625. The molecule has 7 N–H and O–H groups in total. The van der Waals surface area contributed by atoms with Crippen LogP contribution in [-0.4, -0.2) is 43.4 Å². The van der Waals surface area contributed by atoms with Crippen LogP contribution in [0.1, 0.15) is 71.2 Å². The van der Waals surface area contributed by atoms with Gasteiger partial charge in [0, 0.05) is 49.8 Å². The number of hydrogen-bond donors (Lipinski definition) is 7. The molecule has 6 aromatic rings. The van der Waals surface area contributed by atoms with Crippen molar-refractivity contribution in [2.45, 2.75) is 18.7 Å². The average Bonchev–Trinajstić information content (AvgIpc) is 3.76. The first kappa shape index (κ1) is 28.7. The third-order valence-electron chi connectivity index (χ3n) is 8.30. The van der Waals surface area contributed by atoms with Crippen LogP contribution in [0.25, 0.3) is 21.8 Å². The zero-order chi connectivity index (χ0) is 32.3. The third kappa shape index (κ3) is 4.63. The monoisotopic (exact) mass is 622 g/mol. The van der Waals surface area contributed by atoms with Crippen LogP contribution in [-0.2, 0) is 6.61 Å². The lowest BCUT2D eigenvalue weighted by molar-refractivity contribution is 0.0952. The number of carbonyl (C=O) groups is 3. The predicted octanol–water partition coefficient (Wildman–Crippen LogP) is 5.00. The molecule has 0 aliphatic carbocycles. The van der Waals surface area contributed by atoms with Gasteiger partial charge in [-0.2, -0.15) is 0 Å². The van der Waals surface area contributed by atoms with Gasteiger partial charge in [0.1, 0.15) is 23.1 Å². The largest absolute Gasteiger partial charge is 0.508 e. The lowest BCUT2D eigenvalue weighted by Crippen LogP contribution is -2.20. The van der Waals surface area contributed by atoms with E-state index in [0.717, 1.165) is 0 Å². The zero-order valence-corrected chi connectivity index (χ0v) is 23.7. The molecule has 0 saturated carbocycles. The van der Waals surface area contributed by atoms with Gasteiger partial charge in [-0.15, -0.1) is 0 Å². The standard InChI is InChI=1S/C17H13FN2O3.C17H11FN2O3/c2*18-8-1-4-13-12(5-8)15(14(7-21)19-13)16-11-6-9(22)2-3-10(11)17(23)20-16/h1-6,16,19,21-22H,7H2,(H,20,23);1-7,16,19,22H,(H,20,23). The van der Waals surface area contributed by atoms with E-state index in [2.05, 4.69) is 20.6 Å². The first-order chi connectivity index (χ1) is 22.2. The summed E-state index contributed by atoms with van der Waals surface area (Å²) in [4.78, 5) is 41.7. The van der Waals surface area contributed by atoms with E-state index in [1.807, 2.05) is 0 Å². The van der Waals surface area contributed by atoms with E-state index in [0.29, 0.717) is 67.2 Å². The molecule has 230 valence electrons. The van der Waals surface area contributed by atoms with Crippen molar-refractivity contribution in [1.82, 2.24) is 20.6 Å². The Hall–Kier alpha value is -6.01. The highest BCUT2D eigenvalue weighted by molar-refractivity contribution is 6.03. The Morgan fingerprint density at radius 3 is 1.70 bits per heavy atom. The van der Waals surface area contributed by atoms with Gasteiger partial charge in [-0.1, -0.05) is 0 Å². The Morgan fingerprint density at radius 2 is 1.17 bits per heavy atom. The minimum Gasteiger partial charge on any atom is -0.508 e. The van der Waals surface area contributed by atoms with E-state index in [1.54, 1.807) is 18.2 Å². The highest BCUT2D eigenvalue weighted by Gasteiger charge is 2.35. The van der Waals surface area contributed by atoms with Gasteiger partial charge in [-0.05, 0) is 83.9 Å². The maximum Gasteiger partial charge on any atom is 0.252 e. The van der Waals surface area contributed by atoms with Gasteiger partial charge in [-0.3, -0.25) is 14.4 Å². The summed E-state index contributed by atoms with van der Waals surface area (Å²) in [6, 6.07) is 16.2. The van der Waals surface area contributed by atoms with Crippen molar-refractivity contribution in [2.75, 3.05) is 0 Å². The van der Waals surface area contributed by atoms with E-state index in [9.17, 15) is 38.5 Å². The van der Waals surface area contributed by atoms with Crippen LogP contribution in [0.4, 0.5) is 8.78 Å². The number of H-pyrrole nitrogens is 2. The number of aliphatic hydroxyl groups is 1. The van der Waals surface area contributed by atoms with Crippen LogP contribution in [0.5, 0.6) is 11.5 Å². The smallest absolute Gasteiger partial charge is 0.252 e. The summed E-state index contributed by atoms with van der Waals surface area (Å²) in [6.07, 6.45) is 0.639. The molecule has 0 bridgehead atoms. The van der Waals surface area contributed by atoms with Gasteiger partial charge >= 0.3 is 0 Å². The molecule has 8 rings (SSSR count). The molecule has 10 nitrogen and oxygen atoms in total. The molecule has 0 radical (unpaired) electrons. The van der Waals surface area contributed by atoms with Crippen molar-refractivity contribution in [1.29, 1.82) is 0 Å². The van der Waals surface area contributed by atoms with E-state index < -0.39 is 23.7 Å². The topological polar surface area (TPSA) is 168 Å². The Morgan fingerprint density at radius 1 is 0.674 bits per heavy atom. The molecular weight excluding hydrogens is 598 g/mol. The number of aromatic amines is 2. The molecule has 0 saturated heterocycles. The fourth-order valence-corrected chi connectivity index (χ4v) is 6.32.